The Bertz CT molecular complexity index is 876. The van der Waals surface area contributed by atoms with Gasteiger partial charge in [-0.05, 0) is 50.5 Å². The van der Waals surface area contributed by atoms with Gasteiger partial charge < -0.3 is 9.64 Å². The number of amides is 1. The standard InChI is InChI=1S/C24H29FN2O2/c1-17(2)27-16-24(22(27)18-7-5-4-6-8-18)11-13-26(14-12-24)23(28)19-9-10-21(29-3)20(25)15-19/h4-10,15,17,22H,11-14,16H2,1-3H3. The molecule has 2 heterocycles. The van der Waals surface area contributed by atoms with Crippen molar-refractivity contribution in [1.82, 2.24) is 9.80 Å². The average molecular weight is 397 g/mol. The van der Waals surface area contributed by atoms with Gasteiger partial charge in [0.1, 0.15) is 0 Å². The molecule has 0 bridgehead atoms. The molecule has 0 N–H and O–H groups in total. The third kappa shape index (κ3) is 3.52. The van der Waals surface area contributed by atoms with Crippen LogP contribution in [0.4, 0.5) is 4.39 Å². The van der Waals surface area contributed by atoms with E-state index in [1.807, 2.05) is 4.90 Å². The van der Waals surface area contributed by atoms with Gasteiger partial charge in [-0.25, -0.2) is 4.39 Å². The number of carbonyl (C=O) groups is 1. The molecule has 29 heavy (non-hydrogen) atoms. The highest BCUT2D eigenvalue weighted by Crippen LogP contribution is 2.55. The Balaban J connectivity index is 1.48. The summed E-state index contributed by atoms with van der Waals surface area (Å²) in [5.74, 6) is -0.437. The molecule has 2 fully saturated rings. The van der Waals surface area contributed by atoms with Crippen LogP contribution in [0.15, 0.2) is 48.5 Å². The van der Waals surface area contributed by atoms with Gasteiger partial charge in [0.25, 0.3) is 5.91 Å². The first-order valence-corrected chi connectivity index (χ1v) is 10.4. The monoisotopic (exact) mass is 396 g/mol. The normalized spacial score (nSPS) is 21.3. The number of halogens is 1. The highest BCUT2D eigenvalue weighted by molar-refractivity contribution is 5.94. The Kier molecular flexibility index (Phi) is 5.34. The molecule has 4 rings (SSSR count). The van der Waals surface area contributed by atoms with Crippen LogP contribution in [0.5, 0.6) is 5.75 Å². The van der Waals surface area contributed by atoms with Crippen LogP contribution in [0.25, 0.3) is 0 Å². The minimum atomic E-state index is -0.498. The maximum Gasteiger partial charge on any atom is 0.253 e. The van der Waals surface area contributed by atoms with E-state index in [2.05, 4.69) is 49.1 Å². The second-order valence-electron chi connectivity index (χ2n) is 8.58. The molecule has 1 amide bonds. The lowest BCUT2D eigenvalue weighted by Crippen LogP contribution is -2.64. The predicted molar refractivity (Wildman–Crippen MR) is 112 cm³/mol. The van der Waals surface area contributed by atoms with Gasteiger partial charge >= 0.3 is 0 Å². The summed E-state index contributed by atoms with van der Waals surface area (Å²) in [7, 11) is 1.42. The zero-order valence-corrected chi connectivity index (χ0v) is 17.4. The molecule has 2 saturated heterocycles. The Morgan fingerprint density at radius 2 is 1.83 bits per heavy atom. The highest BCUT2D eigenvalue weighted by Gasteiger charge is 2.54. The molecule has 5 heteroatoms. The van der Waals surface area contributed by atoms with Gasteiger partial charge in [0.2, 0.25) is 0 Å². The Hall–Kier alpha value is -2.40. The summed E-state index contributed by atoms with van der Waals surface area (Å²) in [6, 6.07) is 16.1. The molecule has 1 unspecified atom stereocenters. The second kappa shape index (κ2) is 7.79. The molecule has 1 spiro atoms. The zero-order valence-electron chi connectivity index (χ0n) is 17.4. The van der Waals surface area contributed by atoms with Crippen molar-refractivity contribution < 1.29 is 13.9 Å². The maximum atomic E-state index is 14.0. The summed E-state index contributed by atoms with van der Waals surface area (Å²) >= 11 is 0. The molecule has 2 aromatic carbocycles. The molecule has 0 aliphatic carbocycles. The first-order chi connectivity index (χ1) is 13.9. The van der Waals surface area contributed by atoms with Crippen molar-refractivity contribution >= 4 is 5.91 Å². The van der Waals surface area contributed by atoms with Gasteiger partial charge in [0, 0.05) is 42.7 Å². The summed E-state index contributed by atoms with van der Waals surface area (Å²) in [5, 5.41) is 0. The number of nitrogens with zero attached hydrogens (tertiary/aromatic N) is 2. The molecule has 2 aliphatic rings. The summed E-state index contributed by atoms with van der Waals surface area (Å²) in [6.45, 7) is 6.99. The zero-order chi connectivity index (χ0) is 20.6. The largest absolute Gasteiger partial charge is 0.494 e. The van der Waals surface area contributed by atoms with Crippen LogP contribution in [-0.4, -0.2) is 48.5 Å². The van der Waals surface area contributed by atoms with E-state index in [1.165, 1.54) is 24.8 Å². The number of rotatable bonds is 4. The van der Waals surface area contributed by atoms with Crippen molar-refractivity contribution in [3.63, 3.8) is 0 Å². The molecule has 0 radical (unpaired) electrons. The van der Waals surface area contributed by atoms with E-state index in [0.717, 1.165) is 19.4 Å². The number of piperidine rings is 1. The lowest BCUT2D eigenvalue weighted by Gasteiger charge is -2.62. The van der Waals surface area contributed by atoms with Crippen molar-refractivity contribution in [3.8, 4) is 5.75 Å². The number of hydrogen-bond acceptors (Lipinski definition) is 3. The van der Waals surface area contributed by atoms with E-state index in [1.54, 1.807) is 6.07 Å². The van der Waals surface area contributed by atoms with Gasteiger partial charge in [-0.15, -0.1) is 0 Å². The molecule has 0 saturated carbocycles. The van der Waals surface area contributed by atoms with Crippen molar-refractivity contribution in [3.05, 3.63) is 65.5 Å². The molecule has 4 nitrogen and oxygen atoms in total. The minimum Gasteiger partial charge on any atom is -0.494 e. The van der Waals surface area contributed by atoms with E-state index in [0.29, 0.717) is 30.7 Å². The van der Waals surface area contributed by atoms with Crippen LogP contribution in [0.2, 0.25) is 0 Å². The number of methoxy groups -OCH3 is 1. The van der Waals surface area contributed by atoms with Gasteiger partial charge in [-0.3, -0.25) is 9.69 Å². The quantitative estimate of drug-likeness (QED) is 0.762. The van der Waals surface area contributed by atoms with E-state index in [-0.39, 0.29) is 17.1 Å². The van der Waals surface area contributed by atoms with Crippen LogP contribution in [0, 0.1) is 11.2 Å². The van der Waals surface area contributed by atoms with E-state index in [4.69, 9.17) is 4.74 Å². The fraction of sp³-hybridized carbons (Fsp3) is 0.458. The summed E-state index contributed by atoms with van der Waals surface area (Å²) < 4.78 is 19.0. The Labute approximate surface area is 172 Å². The van der Waals surface area contributed by atoms with Crippen molar-refractivity contribution in [2.45, 2.75) is 38.8 Å². The molecular formula is C24H29FN2O2. The second-order valence-corrected chi connectivity index (χ2v) is 8.58. The SMILES string of the molecule is COc1ccc(C(=O)N2CCC3(CC2)CN(C(C)C)C3c2ccccc2)cc1F. The van der Waals surface area contributed by atoms with E-state index in [9.17, 15) is 9.18 Å². The molecular weight excluding hydrogens is 367 g/mol. The maximum absolute atomic E-state index is 14.0. The number of benzene rings is 2. The molecule has 0 aromatic heterocycles. The first kappa shape index (κ1) is 19.9. The predicted octanol–water partition coefficient (Wildman–Crippen LogP) is 4.52. The van der Waals surface area contributed by atoms with Crippen LogP contribution in [0.3, 0.4) is 0 Å². The van der Waals surface area contributed by atoms with E-state index >= 15 is 0 Å². The molecule has 1 atom stereocenters. The number of hydrogen-bond donors (Lipinski definition) is 0. The topological polar surface area (TPSA) is 32.8 Å². The van der Waals surface area contributed by atoms with E-state index < -0.39 is 5.82 Å². The fourth-order valence-electron chi connectivity index (χ4n) is 5.01. The summed E-state index contributed by atoms with van der Waals surface area (Å²) in [4.78, 5) is 17.3. The minimum absolute atomic E-state index is 0.0993. The number of ether oxygens (including phenoxy) is 1. The fourth-order valence-corrected chi connectivity index (χ4v) is 5.01. The number of carbonyl (C=O) groups excluding carboxylic acids is 1. The van der Waals surface area contributed by atoms with Crippen LogP contribution in [-0.2, 0) is 0 Å². The Morgan fingerprint density at radius 1 is 1.14 bits per heavy atom. The number of likely N-dealkylation sites (tertiary alicyclic amines) is 2. The van der Waals surface area contributed by atoms with Crippen LogP contribution >= 0.6 is 0 Å². The molecule has 2 aliphatic heterocycles. The van der Waals surface area contributed by atoms with Crippen LogP contribution < -0.4 is 4.74 Å². The molecule has 154 valence electrons. The lowest BCUT2D eigenvalue weighted by atomic mass is 9.62. The summed E-state index contributed by atoms with van der Waals surface area (Å²) in [6.07, 6.45) is 1.94. The van der Waals surface area contributed by atoms with Crippen molar-refractivity contribution in [1.29, 1.82) is 0 Å². The Morgan fingerprint density at radius 3 is 2.41 bits per heavy atom. The van der Waals surface area contributed by atoms with Crippen LogP contribution in [0.1, 0.15) is 48.7 Å². The van der Waals surface area contributed by atoms with Gasteiger partial charge in [-0.2, -0.15) is 0 Å². The van der Waals surface area contributed by atoms with Gasteiger partial charge in [-0.1, -0.05) is 30.3 Å². The smallest absolute Gasteiger partial charge is 0.253 e. The molecule has 2 aromatic rings. The highest BCUT2D eigenvalue weighted by atomic mass is 19.1. The first-order valence-electron chi connectivity index (χ1n) is 10.4. The lowest BCUT2D eigenvalue weighted by molar-refractivity contribution is -0.124. The van der Waals surface area contributed by atoms with Crippen molar-refractivity contribution in [2.75, 3.05) is 26.7 Å². The third-order valence-corrected chi connectivity index (χ3v) is 6.63. The third-order valence-electron chi connectivity index (χ3n) is 6.63. The van der Waals surface area contributed by atoms with Gasteiger partial charge in [0.15, 0.2) is 11.6 Å². The average Bonchev–Trinajstić information content (AvgIpc) is 2.72. The van der Waals surface area contributed by atoms with Gasteiger partial charge in [0.05, 0.1) is 7.11 Å². The van der Waals surface area contributed by atoms with Crippen molar-refractivity contribution in [2.24, 2.45) is 5.41 Å². The summed E-state index contributed by atoms with van der Waals surface area (Å²) in [5.41, 5.74) is 1.97.